The zero-order chi connectivity index (χ0) is 24.6. The second-order valence-corrected chi connectivity index (χ2v) is 8.32. The van der Waals surface area contributed by atoms with Gasteiger partial charge in [-0.2, -0.15) is 0 Å². The first kappa shape index (κ1) is 24.8. The summed E-state index contributed by atoms with van der Waals surface area (Å²) >= 11 is 0. The first-order valence-electron chi connectivity index (χ1n) is 11.8. The molecule has 10 nitrogen and oxygen atoms in total. The van der Waals surface area contributed by atoms with Crippen LogP contribution < -0.4 is 15.1 Å². The highest BCUT2D eigenvalue weighted by Crippen LogP contribution is 2.30. The number of aryl methyl sites for hydroxylation is 1. The Labute approximate surface area is 203 Å². The monoisotopic (exact) mass is 486 g/mol. The summed E-state index contributed by atoms with van der Waals surface area (Å²) in [4.78, 5) is 16.4. The largest absolute Gasteiger partial charge is 0.488 e. The number of nitrogens with one attached hydrogen (secondary N) is 1. The Morgan fingerprint density at radius 2 is 2.03 bits per heavy atom. The van der Waals surface area contributed by atoms with Crippen LogP contribution in [0.2, 0.25) is 0 Å². The Morgan fingerprint density at radius 1 is 1.20 bits per heavy atom. The normalized spacial score (nSPS) is 13.9. The molecular formula is C24H31FN6O4. The number of aliphatic hydroxyl groups is 1. The van der Waals surface area contributed by atoms with E-state index in [4.69, 9.17) is 29.8 Å². The van der Waals surface area contributed by atoms with Crippen LogP contribution in [0, 0.1) is 5.82 Å². The number of anilines is 1. The molecule has 1 aromatic carbocycles. The lowest BCUT2D eigenvalue weighted by atomic mass is 10.1. The minimum absolute atomic E-state index is 0.00617. The maximum Gasteiger partial charge on any atom is 0.166 e. The molecule has 2 aromatic heterocycles. The second-order valence-electron chi connectivity index (χ2n) is 8.32. The first-order valence-corrected chi connectivity index (χ1v) is 11.8. The zero-order valence-corrected chi connectivity index (χ0v) is 19.6. The summed E-state index contributed by atoms with van der Waals surface area (Å²) in [5, 5.41) is 17.9. The summed E-state index contributed by atoms with van der Waals surface area (Å²) in [7, 11) is 0. The third kappa shape index (κ3) is 6.05. The fourth-order valence-electron chi connectivity index (χ4n) is 3.98. The molecule has 0 amide bonds. The van der Waals surface area contributed by atoms with E-state index in [2.05, 4.69) is 21.9 Å². The molecule has 1 aliphatic rings. The van der Waals surface area contributed by atoms with Gasteiger partial charge in [0.05, 0.1) is 26.1 Å². The number of hydroxylamine groups is 1. The van der Waals surface area contributed by atoms with E-state index in [1.165, 1.54) is 6.07 Å². The summed E-state index contributed by atoms with van der Waals surface area (Å²) in [5.41, 5.74) is 4.72. The molecule has 1 saturated heterocycles. The van der Waals surface area contributed by atoms with E-state index >= 15 is 0 Å². The van der Waals surface area contributed by atoms with E-state index in [0.29, 0.717) is 61.0 Å². The van der Waals surface area contributed by atoms with Crippen LogP contribution in [0.5, 0.6) is 5.75 Å². The zero-order valence-electron chi connectivity index (χ0n) is 19.6. The minimum Gasteiger partial charge on any atom is -0.488 e. The van der Waals surface area contributed by atoms with Gasteiger partial charge in [-0.05, 0) is 37.5 Å². The number of imidazole rings is 1. The summed E-state index contributed by atoms with van der Waals surface area (Å²) in [6, 6.07) is 4.49. The molecule has 0 saturated carbocycles. The molecular weight excluding hydrogens is 455 g/mol. The molecule has 3 aromatic rings. The quantitative estimate of drug-likeness (QED) is 0.262. The van der Waals surface area contributed by atoms with Gasteiger partial charge in [0.2, 0.25) is 0 Å². The molecule has 0 unspecified atom stereocenters. The average molecular weight is 487 g/mol. The van der Waals surface area contributed by atoms with Crippen molar-refractivity contribution in [1.82, 2.24) is 25.0 Å². The molecule has 3 heterocycles. The van der Waals surface area contributed by atoms with Crippen molar-refractivity contribution >= 4 is 17.0 Å². The first-order chi connectivity index (χ1) is 17.1. The molecule has 35 heavy (non-hydrogen) atoms. The minimum atomic E-state index is -0.513. The van der Waals surface area contributed by atoms with Gasteiger partial charge in [-0.3, -0.25) is 10.7 Å². The number of benzene rings is 1. The predicted molar refractivity (Wildman–Crippen MR) is 129 cm³/mol. The fraction of sp³-hybridized carbons (Fsp3) is 0.458. The van der Waals surface area contributed by atoms with Gasteiger partial charge in [-0.15, -0.1) is 0 Å². The van der Waals surface area contributed by atoms with E-state index in [1.54, 1.807) is 18.5 Å². The van der Waals surface area contributed by atoms with E-state index in [1.807, 2.05) is 4.57 Å². The number of allylic oxidation sites excluding steroid dienone is 1. The van der Waals surface area contributed by atoms with Crippen LogP contribution in [-0.4, -0.2) is 69.3 Å². The molecule has 0 aliphatic carbocycles. The summed E-state index contributed by atoms with van der Waals surface area (Å²) in [5.74, 6) is 0.695. The highest BCUT2D eigenvalue weighted by molar-refractivity contribution is 5.86. The molecule has 1 aliphatic heterocycles. The highest BCUT2D eigenvalue weighted by Gasteiger charge is 2.21. The van der Waals surface area contributed by atoms with Crippen LogP contribution >= 0.6 is 0 Å². The molecule has 0 radical (unpaired) electrons. The fourth-order valence-corrected chi connectivity index (χ4v) is 3.98. The van der Waals surface area contributed by atoms with Gasteiger partial charge in [0.15, 0.2) is 34.4 Å². The second kappa shape index (κ2) is 11.9. The third-order valence-corrected chi connectivity index (χ3v) is 5.83. The molecule has 0 atom stereocenters. The van der Waals surface area contributed by atoms with Crippen molar-refractivity contribution in [1.29, 1.82) is 0 Å². The van der Waals surface area contributed by atoms with Gasteiger partial charge in [0.1, 0.15) is 6.61 Å². The third-order valence-electron chi connectivity index (χ3n) is 5.83. The molecule has 0 spiro atoms. The Kier molecular flexibility index (Phi) is 8.45. The predicted octanol–water partition coefficient (Wildman–Crippen LogP) is 2.89. The smallest absolute Gasteiger partial charge is 0.166 e. The number of morpholine rings is 1. The Balaban J connectivity index is 1.64. The summed E-state index contributed by atoms with van der Waals surface area (Å²) in [6.45, 7) is 6.82. The molecule has 3 N–H and O–H groups in total. The number of rotatable bonds is 12. The van der Waals surface area contributed by atoms with Crippen LogP contribution in [0.4, 0.5) is 10.2 Å². The van der Waals surface area contributed by atoms with Gasteiger partial charge in [0.25, 0.3) is 0 Å². The van der Waals surface area contributed by atoms with Crippen LogP contribution in [0.15, 0.2) is 36.8 Å². The lowest BCUT2D eigenvalue weighted by Crippen LogP contribution is -2.37. The van der Waals surface area contributed by atoms with Crippen LogP contribution in [0.3, 0.4) is 0 Å². The van der Waals surface area contributed by atoms with Gasteiger partial charge in [0, 0.05) is 30.9 Å². The average Bonchev–Trinajstić information content (AvgIpc) is 3.30. The van der Waals surface area contributed by atoms with Crippen molar-refractivity contribution in [3.05, 3.63) is 42.6 Å². The Hall–Kier alpha value is -3.28. The van der Waals surface area contributed by atoms with E-state index < -0.39 is 5.82 Å². The number of aromatic nitrogens is 4. The van der Waals surface area contributed by atoms with E-state index in [-0.39, 0.29) is 19.0 Å². The van der Waals surface area contributed by atoms with Crippen molar-refractivity contribution < 1.29 is 24.2 Å². The maximum atomic E-state index is 14.2. The standard InChI is InChI=1S/C24H31FN6O4/c1-17(29-33)5-3-2-4-8-31-16-26-21-23(30-9-12-34-13-10-30)27-22(28-24(21)31)18-6-7-19(25)20(15-18)35-14-11-32/h6-7,15-16,29,32-33H,1-5,8-14H2. The number of nitrogens with zero attached hydrogens (tertiary/aromatic N) is 5. The summed E-state index contributed by atoms with van der Waals surface area (Å²) < 4.78 is 27.1. The van der Waals surface area contributed by atoms with Gasteiger partial charge in [-0.1, -0.05) is 13.0 Å². The van der Waals surface area contributed by atoms with Gasteiger partial charge in [-0.25, -0.2) is 19.3 Å². The van der Waals surface area contributed by atoms with Crippen LogP contribution in [0.1, 0.15) is 25.7 Å². The molecule has 1 fully saturated rings. The maximum absolute atomic E-state index is 14.2. The van der Waals surface area contributed by atoms with Crippen molar-refractivity contribution in [2.75, 3.05) is 44.4 Å². The Bertz CT molecular complexity index is 1150. The van der Waals surface area contributed by atoms with Crippen molar-refractivity contribution in [3.8, 4) is 17.1 Å². The molecule has 188 valence electrons. The Morgan fingerprint density at radius 3 is 2.80 bits per heavy atom. The van der Waals surface area contributed by atoms with Gasteiger partial charge < -0.3 is 24.0 Å². The van der Waals surface area contributed by atoms with Crippen molar-refractivity contribution in [2.24, 2.45) is 0 Å². The number of hydrogen-bond donors (Lipinski definition) is 3. The molecule has 0 bridgehead atoms. The number of halogens is 1. The van der Waals surface area contributed by atoms with Gasteiger partial charge >= 0.3 is 0 Å². The number of aliphatic hydroxyl groups excluding tert-OH is 1. The number of hydrogen-bond acceptors (Lipinski definition) is 9. The number of ether oxygens (including phenoxy) is 2. The van der Waals surface area contributed by atoms with Crippen LogP contribution in [0.25, 0.3) is 22.6 Å². The topological polar surface area (TPSA) is 118 Å². The lowest BCUT2D eigenvalue weighted by molar-refractivity contribution is 0.122. The summed E-state index contributed by atoms with van der Waals surface area (Å²) in [6.07, 6.45) is 5.26. The van der Waals surface area contributed by atoms with Crippen LogP contribution in [-0.2, 0) is 11.3 Å². The molecule has 4 rings (SSSR count). The van der Waals surface area contributed by atoms with E-state index in [0.717, 1.165) is 31.6 Å². The SMILES string of the molecule is C=C(CCCCCn1cnc2c(N3CCOCC3)nc(-c3ccc(F)c(OCCO)c3)nc21)NO. The highest BCUT2D eigenvalue weighted by atomic mass is 19.1. The lowest BCUT2D eigenvalue weighted by Gasteiger charge is -2.28. The van der Waals surface area contributed by atoms with Crippen molar-refractivity contribution in [2.45, 2.75) is 32.2 Å². The number of unbranched alkanes of at least 4 members (excludes halogenated alkanes) is 2. The van der Waals surface area contributed by atoms with Crippen molar-refractivity contribution in [3.63, 3.8) is 0 Å². The molecule has 11 heteroatoms. The van der Waals surface area contributed by atoms with E-state index in [9.17, 15) is 4.39 Å². The number of fused-ring (bicyclic) bond motifs is 1.